The topological polar surface area (TPSA) is 55.1 Å². The van der Waals surface area contributed by atoms with E-state index in [0.29, 0.717) is 0 Å². The molecule has 3 heteroatoms. The first-order valence-corrected chi connectivity index (χ1v) is 6.34. The molecular weight excluding hydrogens is 188 g/mol. The zero-order valence-electron chi connectivity index (χ0n) is 9.63. The second-order valence-electron chi connectivity index (χ2n) is 4.51. The van der Waals surface area contributed by atoms with E-state index in [2.05, 4.69) is 5.32 Å². The third-order valence-corrected chi connectivity index (χ3v) is 3.08. The van der Waals surface area contributed by atoms with E-state index in [0.717, 1.165) is 25.8 Å². The number of hydrogen-bond acceptors (Lipinski definition) is 2. The van der Waals surface area contributed by atoms with Crippen molar-refractivity contribution in [2.45, 2.75) is 63.8 Å². The maximum absolute atomic E-state index is 11.5. The van der Waals surface area contributed by atoms with Gasteiger partial charge < -0.3 is 11.1 Å². The number of rotatable bonds is 0. The summed E-state index contributed by atoms with van der Waals surface area (Å²) >= 11 is 0. The van der Waals surface area contributed by atoms with E-state index in [1.807, 2.05) is 0 Å². The lowest BCUT2D eigenvalue weighted by Crippen LogP contribution is -2.40. The highest BCUT2D eigenvalue weighted by Gasteiger charge is 2.12. The average Bonchev–Trinajstić information content (AvgIpc) is 2.25. The number of amides is 1. The maximum Gasteiger partial charge on any atom is 0.236 e. The van der Waals surface area contributed by atoms with Crippen molar-refractivity contribution < 1.29 is 4.79 Å². The van der Waals surface area contributed by atoms with Crippen LogP contribution in [0.2, 0.25) is 0 Å². The van der Waals surface area contributed by atoms with Crippen molar-refractivity contribution in [3.8, 4) is 0 Å². The lowest BCUT2D eigenvalue weighted by molar-refractivity contribution is -0.122. The first-order chi connectivity index (χ1) is 7.30. The molecule has 1 fully saturated rings. The number of hydrogen-bond donors (Lipinski definition) is 2. The Morgan fingerprint density at radius 3 is 2.13 bits per heavy atom. The third-order valence-electron chi connectivity index (χ3n) is 3.08. The minimum absolute atomic E-state index is 0.0363. The van der Waals surface area contributed by atoms with Crippen LogP contribution in [-0.2, 0) is 4.79 Å². The monoisotopic (exact) mass is 212 g/mol. The van der Waals surface area contributed by atoms with E-state index in [1.54, 1.807) is 0 Å². The Morgan fingerprint density at radius 2 is 1.47 bits per heavy atom. The van der Waals surface area contributed by atoms with Crippen molar-refractivity contribution in [3.63, 3.8) is 0 Å². The normalized spacial score (nSPS) is 27.0. The van der Waals surface area contributed by atoms with Gasteiger partial charge in [0.1, 0.15) is 0 Å². The molecule has 0 spiro atoms. The second kappa shape index (κ2) is 7.69. The van der Waals surface area contributed by atoms with E-state index >= 15 is 0 Å². The third kappa shape index (κ3) is 5.78. The molecule has 0 aliphatic carbocycles. The van der Waals surface area contributed by atoms with Crippen molar-refractivity contribution in [2.75, 3.05) is 6.54 Å². The highest BCUT2D eigenvalue weighted by atomic mass is 16.2. The Balaban J connectivity index is 2.27. The van der Waals surface area contributed by atoms with Crippen molar-refractivity contribution in [1.29, 1.82) is 0 Å². The van der Waals surface area contributed by atoms with E-state index in [9.17, 15) is 4.79 Å². The Kier molecular flexibility index (Phi) is 6.41. The van der Waals surface area contributed by atoms with Gasteiger partial charge in [0.2, 0.25) is 5.91 Å². The van der Waals surface area contributed by atoms with Crippen LogP contribution in [-0.4, -0.2) is 18.5 Å². The molecule has 0 aromatic heterocycles. The van der Waals surface area contributed by atoms with Gasteiger partial charge in [0.05, 0.1) is 6.04 Å². The zero-order valence-corrected chi connectivity index (χ0v) is 9.63. The van der Waals surface area contributed by atoms with Crippen LogP contribution in [0.25, 0.3) is 0 Å². The standard InChI is InChI=1S/C12H24N2O/c13-11-9-7-5-3-1-2-4-6-8-10-14-12(11)15/h11H,1-10,13H2,(H,14,15). The van der Waals surface area contributed by atoms with Crippen LogP contribution in [0.1, 0.15) is 57.8 Å². The van der Waals surface area contributed by atoms with Gasteiger partial charge in [-0.1, -0.05) is 44.9 Å². The van der Waals surface area contributed by atoms with Crippen LogP contribution < -0.4 is 11.1 Å². The Bertz CT molecular complexity index is 182. The molecule has 1 saturated heterocycles. The summed E-state index contributed by atoms with van der Waals surface area (Å²) in [5, 5.41) is 2.91. The molecule has 1 aliphatic rings. The molecule has 1 rings (SSSR count). The molecule has 0 saturated carbocycles. The highest BCUT2D eigenvalue weighted by Crippen LogP contribution is 2.11. The van der Waals surface area contributed by atoms with Gasteiger partial charge >= 0.3 is 0 Å². The first-order valence-electron chi connectivity index (χ1n) is 6.34. The molecule has 1 atom stereocenters. The van der Waals surface area contributed by atoms with Gasteiger partial charge in [0, 0.05) is 6.54 Å². The van der Waals surface area contributed by atoms with Crippen LogP contribution in [0.4, 0.5) is 0 Å². The Hall–Kier alpha value is -0.570. The summed E-state index contributed by atoms with van der Waals surface area (Å²) in [4.78, 5) is 11.5. The molecule has 0 aromatic rings. The van der Waals surface area contributed by atoms with E-state index in [4.69, 9.17) is 5.73 Å². The van der Waals surface area contributed by atoms with Crippen molar-refractivity contribution in [1.82, 2.24) is 5.32 Å². The molecule has 3 N–H and O–H groups in total. The molecule has 3 nitrogen and oxygen atoms in total. The van der Waals surface area contributed by atoms with Crippen molar-refractivity contribution >= 4 is 5.91 Å². The molecule has 15 heavy (non-hydrogen) atoms. The Labute approximate surface area is 92.8 Å². The predicted octanol–water partition coefficient (Wildman–Crippen LogP) is 1.95. The molecule has 1 amide bonds. The fourth-order valence-electron chi connectivity index (χ4n) is 2.02. The minimum Gasteiger partial charge on any atom is -0.355 e. The number of nitrogens with one attached hydrogen (secondary N) is 1. The van der Waals surface area contributed by atoms with Crippen LogP contribution >= 0.6 is 0 Å². The summed E-state index contributed by atoms with van der Waals surface area (Å²) in [5.41, 5.74) is 5.79. The molecule has 0 aromatic carbocycles. The van der Waals surface area contributed by atoms with Gasteiger partial charge in [-0.3, -0.25) is 4.79 Å². The summed E-state index contributed by atoms with van der Waals surface area (Å²) in [6.07, 6.45) is 10.8. The fraction of sp³-hybridized carbons (Fsp3) is 0.917. The van der Waals surface area contributed by atoms with Crippen LogP contribution in [0.3, 0.4) is 0 Å². The minimum atomic E-state index is -0.286. The molecule has 1 heterocycles. The summed E-state index contributed by atoms with van der Waals surface area (Å²) in [5.74, 6) is 0.0363. The summed E-state index contributed by atoms with van der Waals surface area (Å²) in [7, 11) is 0. The van der Waals surface area contributed by atoms with E-state index in [-0.39, 0.29) is 11.9 Å². The van der Waals surface area contributed by atoms with E-state index in [1.165, 1.54) is 38.5 Å². The lowest BCUT2D eigenvalue weighted by atomic mass is 10.1. The molecule has 88 valence electrons. The summed E-state index contributed by atoms with van der Waals surface area (Å²) in [6, 6.07) is -0.286. The fourth-order valence-corrected chi connectivity index (χ4v) is 2.02. The van der Waals surface area contributed by atoms with Crippen molar-refractivity contribution in [3.05, 3.63) is 0 Å². The van der Waals surface area contributed by atoms with Gasteiger partial charge in [0.25, 0.3) is 0 Å². The first kappa shape index (κ1) is 12.5. The van der Waals surface area contributed by atoms with Gasteiger partial charge in [-0.05, 0) is 12.8 Å². The van der Waals surface area contributed by atoms with Gasteiger partial charge in [-0.25, -0.2) is 0 Å². The summed E-state index contributed by atoms with van der Waals surface area (Å²) in [6.45, 7) is 0.798. The summed E-state index contributed by atoms with van der Waals surface area (Å²) < 4.78 is 0. The molecule has 1 aliphatic heterocycles. The SMILES string of the molecule is NC1CCCCCCCCCCNC1=O. The van der Waals surface area contributed by atoms with Crippen LogP contribution in [0.15, 0.2) is 0 Å². The molecule has 0 bridgehead atoms. The lowest BCUT2D eigenvalue weighted by Gasteiger charge is -2.11. The average molecular weight is 212 g/mol. The van der Waals surface area contributed by atoms with Gasteiger partial charge in [-0.15, -0.1) is 0 Å². The van der Waals surface area contributed by atoms with Crippen LogP contribution in [0.5, 0.6) is 0 Å². The quantitative estimate of drug-likeness (QED) is 0.645. The van der Waals surface area contributed by atoms with Crippen LogP contribution in [0, 0.1) is 0 Å². The molecule has 0 radical (unpaired) electrons. The zero-order chi connectivity index (χ0) is 10.9. The van der Waals surface area contributed by atoms with Gasteiger partial charge in [0.15, 0.2) is 0 Å². The predicted molar refractivity (Wildman–Crippen MR) is 62.5 cm³/mol. The Morgan fingerprint density at radius 1 is 0.933 bits per heavy atom. The van der Waals surface area contributed by atoms with E-state index < -0.39 is 0 Å². The smallest absolute Gasteiger partial charge is 0.236 e. The number of nitrogens with two attached hydrogens (primary N) is 1. The number of carbonyl (C=O) groups is 1. The molecule has 1 unspecified atom stereocenters. The largest absolute Gasteiger partial charge is 0.355 e. The highest BCUT2D eigenvalue weighted by molar-refractivity contribution is 5.81. The molecular formula is C12H24N2O. The maximum atomic E-state index is 11.5. The van der Waals surface area contributed by atoms with Crippen molar-refractivity contribution in [2.24, 2.45) is 5.73 Å². The second-order valence-corrected chi connectivity index (χ2v) is 4.51. The van der Waals surface area contributed by atoms with Gasteiger partial charge in [-0.2, -0.15) is 0 Å². The number of carbonyl (C=O) groups excluding carboxylic acids is 1.